The van der Waals surface area contributed by atoms with Crippen LogP contribution >= 0.6 is 0 Å². The Bertz CT molecular complexity index is 915. The van der Waals surface area contributed by atoms with Crippen molar-refractivity contribution in [3.8, 4) is 0 Å². The van der Waals surface area contributed by atoms with Crippen LogP contribution in [0.3, 0.4) is 0 Å². The molecule has 3 rings (SSSR count). The van der Waals surface area contributed by atoms with E-state index in [0.717, 1.165) is 6.07 Å². The molecular formula is C18H13FO4. The highest BCUT2D eigenvalue weighted by atomic mass is 19.1. The van der Waals surface area contributed by atoms with E-state index in [-0.39, 0.29) is 22.0 Å². The maximum absolute atomic E-state index is 13.2. The summed E-state index contributed by atoms with van der Waals surface area (Å²) >= 11 is 0. The van der Waals surface area contributed by atoms with Gasteiger partial charge in [-0.15, -0.1) is 0 Å². The molecule has 0 saturated carbocycles. The maximum Gasteiger partial charge on any atom is 0.317 e. The first-order valence-electron chi connectivity index (χ1n) is 6.95. The molecule has 0 aliphatic rings. The van der Waals surface area contributed by atoms with E-state index in [1.807, 2.05) is 6.07 Å². The van der Waals surface area contributed by atoms with Gasteiger partial charge in [-0.1, -0.05) is 30.3 Å². The van der Waals surface area contributed by atoms with Gasteiger partial charge >= 0.3 is 5.97 Å². The Morgan fingerprint density at radius 3 is 2.61 bits per heavy atom. The highest BCUT2D eigenvalue weighted by molar-refractivity contribution is 5.84. The Hall–Kier alpha value is -2.95. The third-order valence-electron chi connectivity index (χ3n) is 3.64. The summed E-state index contributed by atoms with van der Waals surface area (Å²) in [7, 11) is 1.26. The summed E-state index contributed by atoms with van der Waals surface area (Å²) in [6, 6.07) is 12.5. The van der Waals surface area contributed by atoms with Crippen molar-refractivity contribution in [1.82, 2.24) is 0 Å². The Labute approximate surface area is 131 Å². The zero-order valence-corrected chi connectivity index (χ0v) is 12.3. The summed E-state index contributed by atoms with van der Waals surface area (Å²) in [5.41, 5.74) is 0.524. The number of ether oxygens (including phenoxy) is 1. The lowest BCUT2D eigenvalue weighted by molar-refractivity contribution is -0.141. The van der Waals surface area contributed by atoms with E-state index in [9.17, 15) is 14.0 Å². The van der Waals surface area contributed by atoms with E-state index in [2.05, 4.69) is 0 Å². The summed E-state index contributed by atoms with van der Waals surface area (Å²) in [4.78, 5) is 24.9. The number of benzene rings is 2. The molecule has 3 aromatic rings. The van der Waals surface area contributed by atoms with E-state index in [1.54, 1.807) is 24.3 Å². The second-order valence-electron chi connectivity index (χ2n) is 5.03. The van der Waals surface area contributed by atoms with Crippen molar-refractivity contribution in [2.75, 3.05) is 7.11 Å². The number of halogens is 1. The van der Waals surface area contributed by atoms with Crippen LogP contribution in [0.4, 0.5) is 4.39 Å². The molecule has 0 saturated heterocycles. The Kier molecular flexibility index (Phi) is 3.93. The lowest BCUT2D eigenvalue weighted by atomic mass is 9.92. The van der Waals surface area contributed by atoms with E-state index in [0.29, 0.717) is 5.56 Å². The number of rotatable bonds is 3. The quantitative estimate of drug-likeness (QED) is 0.697. The van der Waals surface area contributed by atoms with Crippen LogP contribution in [0.2, 0.25) is 0 Å². The highest BCUT2D eigenvalue weighted by Crippen LogP contribution is 2.25. The second-order valence-corrected chi connectivity index (χ2v) is 5.03. The van der Waals surface area contributed by atoms with Gasteiger partial charge in [-0.25, -0.2) is 4.39 Å². The molecule has 23 heavy (non-hydrogen) atoms. The predicted molar refractivity (Wildman–Crippen MR) is 82.7 cm³/mol. The molecule has 0 radical (unpaired) electrons. The average molecular weight is 312 g/mol. The van der Waals surface area contributed by atoms with Gasteiger partial charge in [-0.05, 0) is 17.7 Å². The summed E-state index contributed by atoms with van der Waals surface area (Å²) in [6.45, 7) is 0. The summed E-state index contributed by atoms with van der Waals surface area (Å²) < 4.78 is 23.4. The fraction of sp³-hybridized carbons (Fsp3) is 0.111. The molecule has 116 valence electrons. The Morgan fingerprint density at radius 1 is 1.17 bits per heavy atom. The average Bonchev–Trinajstić information content (AvgIpc) is 2.58. The Morgan fingerprint density at radius 2 is 1.91 bits per heavy atom. The smallest absolute Gasteiger partial charge is 0.317 e. The lowest BCUT2D eigenvalue weighted by Crippen LogP contribution is -2.22. The first-order chi connectivity index (χ1) is 11.1. The fourth-order valence-electron chi connectivity index (χ4n) is 2.52. The molecule has 0 aliphatic carbocycles. The van der Waals surface area contributed by atoms with Crippen LogP contribution in [0, 0.1) is 5.82 Å². The Balaban J connectivity index is 2.23. The lowest BCUT2D eigenvalue weighted by Gasteiger charge is -2.14. The molecule has 2 aromatic carbocycles. The topological polar surface area (TPSA) is 56.5 Å². The molecule has 0 N–H and O–H groups in total. The summed E-state index contributed by atoms with van der Waals surface area (Å²) in [6.07, 6.45) is 1.19. The normalized spacial score (nSPS) is 12.1. The molecule has 0 bridgehead atoms. The van der Waals surface area contributed by atoms with Crippen LogP contribution in [0.25, 0.3) is 11.0 Å². The van der Waals surface area contributed by atoms with Crippen LogP contribution in [-0.2, 0) is 9.53 Å². The molecule has 0 spiro atoms. The van der Waals surface area contributed by atoms with E-state index >= 15 is 0 Å². The van der Waals surface area contributed by atoms with Crippen molar-refractivity contribution in [2.24, 2.45) is 0 Å². The van der Waals surface area contributed by atoms with Gasteiger partial charge in [-0.3, -0.25) is 9.59 Å². The molecule has 1 aromatic heterocycles. The largest absolute Gasteiger partial charge is 0.468 e. The third kappa shape index (κ3) is 2.73. The van der Waals surface area contributed by atoms with Crippen LogP contribution in [0.5, 0.6) is 0 Å². The highest BCUT2D eigenvalue weighted by Gasteiger charge is 2.27. The number of carbonyl (C=O) groups is 1. The van der Waals surface area contributed by atoms with Gasteiger partial charge in [0.25, 0.3) is 0 Å². The second kappa shape index (κ2) is 6.04. The predicted octanol–water partition coefficient (Wildman–Crippen LogP) is 3.24. The van der Waals surface area contributed by atoms with Crippen LogP contribution < -0.4 is 5.43 Å². The minimum Gasteiger partial charge on any atom is -0.468 e. The van der Waals surface area contributed by atoms with Gasteiger partial charge in [0.2, 0.25) is 0 Å². The molecule has 5 heteroatoms. The van der Waals surface area contributed by atoms with Crippen LogP contribution in [-0.4, -0.2) is 13.1 Å². The van der Waals surface area contributed by atoms with Crippen molar-refractivity contribution in [3.05, 3.63) is 82.0 Å². The van der Waals surface area contributed by atoms with Crippen LogP contribution in [0.1, 0.15) is 17.0 Å². The molecule has 4 nitrogen and oxygen atoms in total. The van der Waals surface area contributed by atoms with Crippen LogP contribution in [0.15, 0.2) is 64.0 Å². The molecule has 0 fully saturated rings. The number of hydrogen-bond acceptors (Lipinski definition) is 4. The molecule has 0 amide bonds. The molecule has 1 atom stereocenters. The van der Waals surface area contributed by atoms with Crippen molar-refractivity contribution < 1.29 is 18.3 Å². The van der Waals surface area contributed by atoms with Gasteiger partial charge < -0.3 is 9.15 Å². The SMILES string of the molecule is COC(=O)C(c1ccccc1)c1coc2cc(F)ccc2c1=O. The minimum absolute atomic E-state index is 0.135. The van der Waals surface area contributed by atoms with Gasteiger partial charge in [-0.2, -0.15) is 0 Å². The first-order valence-corrected chi connectivity index (χ1v) is 6.95. The zero-order chi connectivity index (χ0) is 16.4. The standard InChI is InChI=1S/C18H13FO4/c1-22-18(21)16(11-5-3-2-4-6-11)14-10-23-15-9-12(19)7-8-13(15)17(14)20/h2-10,16H,1H3. The molecular weight excluding hydrogens is 299 g/mol. The summed E-state index contributed by atoms with van der Waals surface area (Å²) in [5, 5.41) is 0.216. The number of methoxy groups -OCH3 is 1. The van der Waals surface area contributed by atoms with E-state index < -0.39 is 17.7 Å². The minimum atomic E-state index is -0.896. The van der Waals surface area contributed by atoms with E-state index in [1.165, 1.54) is 25.5 Å². The number of hydrogen-bond donors (Lipinski definition) is 0. The third-order valence-corrected chi connectivity index (χ3v) is 3.64. The fourth-order valence-corrected chi connectivity index (χ4v) is 2.52. The first kappa shape index (κ1) is 15.0. The van der Waals surface area contributed by atoms with Crippen molar-refractivity contribution >= 4 is 16.9 Å². The van der Waals surface area contributed by atoms with Gasteiger partial charge in [0.05, 0.1) is 24.3 Å². The van der Waals surface area contributed by atoms with Gasteiger partial charge in [0.1, 0.15) is 17.3 Å². The van der Waals surface area contributed by atoms with Gasteiger partial charge in [0.15, 0.2) is 5.43 Å². The van der Waals surface area contributed by atoms with Gasteiger partial charge in [0, 0.05) is 6.07 Å². The zero-order valence-electron chi connectivity index (χ0n) is 12.3. The number of fused-ring (bicyclic) bond motifs is 1. The number of carbonyl (C=O) groups excluding carboxylic acids is 1. The molecule has 1 unspecified atom stereocenters. The molecule has 0 aliphatic heterocycles. The molecule has 1 heterocycles. The van der Waals surface area contributed by atoms with Crippen molar-refractivity contribution in [3.63, 3.8) is 0 Å². The maximum atomic E-state index is 13.2. The van der Waals surface area contributed by atoms with E-state index in [4.69, 9.17) is 9.15 Å². The monoisotopic (exact) mass is 312 g/mol. The van der Waals surface area contributed by atoms with Crippen molar-refractivity contribution in [2.45, 2.75) is 5.92 Å². The summed E-state index contributed by atoms with van der Waals surface area (Å²) in [5.74, 6) is -1.96. The number of esters is 1. The van der Waals surface area contributed by atoms with Crippen molar-refractivity contribution in [1.29, 1.82) is 0 Å².